The fourth-order valence-electron chi connectivity index (χ4n) is 1.88. The molecule has 0 saturated carbocycles. The Morgan fingerprint density at radius 3 is 1.10 bits per heavy atom. The molecule has 1 unspecified atom stereocenters. The predicted octanol–water partition coefficient (Wildman–Crippen LogP) is 3.23. The van der Waals surface area contributed by atoms with Gasteiger partial charge in [0, 0.05) is 5.25 Å². The fraction of sp³-hybridized carbons (Fsp3) is 1.00. The molecule has 0 aromatic carbocycles. The molecule has 62 valence electrons. The Hall–Kier alpha value is 0.350. The van der Waals surface area contributed by atoms with Crippen molar-refractivity contribution in [2.45, 2.75) is 39.9 Å². The molecule has 0 radical (unpaired) electrons. The van der Waals surface area contributed by atoms with Crippen LogP contribution >= 0.6 is 12.6 Å². The van der Waals surface area contributed by atoms with E-state index in [1.54, 1.807) is 0 Å². The first-order chi connectivity index (χ1) is 4.46. The summed E-state index contributed by atoms with van der Waals surface area (Å²) in [7, 11) is 0. The molecule has 0 amide bonds. The molecule has 0 aromatic heterocycles. The maximum atomic E-state index is 4.47. The molecule has 0 aliphatic carbocycles. The second kappa shape index (κ2) is 4.27. The van der Waals surface area contributed by atoms with Crippen LogP contribution in [0.4, 0.5) is 0 Å². The molecule has 10 heavy (non-hydrogen) atoms. The van der Waals surface area contributed by atoms with Gasteiger partial charge in [-0.2, -0.15) is 12.6 Å². The molecular weight excluding hydrogens is 140 g/mol. The van der Waals surface area contributed by atoms with Crippen molar-refractivity contribution in [3.8, 4) is 0 Å². The maximum Gasteiger partial charge on any atom is 0.00216 e. The average Bonchev–Trinajstić information content (AvgIpc) is 1.59. The number of hydrogen-bond acceptors (Lipinski definition) is 1. The Bertz CT molecular complexity index is 65.7. The first-order valence-electron chi connectivity index (χ1n) is 4.14. The van der Waals surface area contributed by atoms with Gasteiger partial charge in [0.1, 0.15) is 0 Å². The zero-order valence-corrected chi connectivity index (χ0v) is 8.65. The Kier molecular flexibility index (Phi) is 4.42. The molecule has 0 bridgehead atoms. The summed E-state index contributed by atoms with van der Waals surface area (Å²) in [6.45, 7) is 11.3. The molecule has 0 spiro atoms. The molecule has 0 fully saturated rings. The lowest BCUT2D eigenvalue weighted by Gasteiger charge is -2.27. The van der Waals surface area contributed by atoms with Crippen molar-refractivity contribution >= 4 is 12.6 Å². The summed E-state index contributed by atoms with van der Waals surface area (Å²) in [6.07, 6.45) is 0. The van der Waals surface area contributed by atoms with E-state index in [-0.39, 0.29) is 0 Å². The van der Waals surface area contributed by atoms with E-state index in [0.29, 0.717) is 5.25 Å². The van der Waals surface area contributed by atoms with Gasteiger partial charge in [0.15, 0.2) is 0 Å². The molecule has 1 heteroatoms. The Balaban J connectivity index is 3.98. The Labute approximate surface area is 70.8 Å². The lowest BCUT2D eigenvalue weighted by Crippen LogP contribution is -2.23. The third-order valence-corrected chi connectivity index (χ3v) is 2.44. The van der Waals surface area contributed by atoms with Gasteiger partial charge < -0.3 is 0 Å². The van der Waals surface area contributed by atoms with Gasteiger partial charge in [-0.3, -0.25) is 0 Å². The summed E-state index contributed by atoms with van der Waals surface area (Å²) in [4.78, 5) is 0. The van der Waals surface area contributed by atoms with Crippen molar-refractivity contribution in [3.05, 3.63) is 0 Å². The van der Waals surface area contributed by atoms with E-state index < -0.39 is 0 Å². The van der Waals surface area contributed by atoms with Crippen LogP contribution in [0.5, 0.6) is 0 Å². The van der Waals surface area contributed by atoms with E-state index in [1.807, 2.05) is 0 Å². The van der Waals surface area contributed by atoms with Gasteiger partial charge in [0.25, 0.3) is 0 Å². The van der Waals surface area contributed by atoms with E-state index in [2.05, 4.69) is 47.2 Å². The van der Waals surface area contributed by atoms with Crippen LogP contribution in [0.15, 0.2) is 0 Å². The third kappa shape index (κ3) is 2.96. The molecule has 0 aliphatic rings. The minimum absolute atomic E-state index is 0.528. The minimum Gasteiger partial charge on any atom is -0.176 e. The minimum atomic E-state index is 0.528. The van der Waals surface area contributed by atoms with E-state index in [4.69, 9.17) is 0 Å². The highest BCUT2D eigenvalue weighted by atomic mass is 32.1. The molecule has 0 saturated heterocycles. The van der Waals surface area contributed by atoms with Gasteiger partial charge in [-0.05, 0) is 17.8 Å². The van der Waals surface area contributed by atoms with Crippen molar-refractivity contribution in [2.24, 2.45) is 17.8 Å². The second-order valence-electron chi connectivity index (χ2n) is 3.81. The Morgan fingerprint density at radius 2 is 1.10 bits per heavy atom. The van der Waals surface area contributed by atoms with Crippen LogP contribution in [-0.4, -0.2) is 5.25 Å². The first-order valence-corrected chi connectivity index (χ1v) is 4.66. The van der Waals surface area contributed by atoms with E-state index in [9.17, 15) is 0 Å². The summed E-state index contributed by atoms with van der Waals surface area (Å²) in [5.74, 6) is 2.27. The maximum absolute atomic E-state index is 4.47. The SMILES string of the molecule is CC(C)C(C(C)C)C(C)S. The van der Waals surface area contributed by atoms with Crippen LogP contribution < -0.4 is 0 Å². The zero-order valence-electron chi connectivity index (χ0n) is 7.76. The highest BCUT2D eigenvalue weighted by Crippen LogP contribution is 2.26. The first kappa shape index (κ1) is 10.3. The van der Waals surface area contributed by atoms with Crippen molar-refractivity contribution in [1.82, 2.24) is 0 Å². The van der Waals surface area contributed by atoms with E-state index >= 15 is 0 Å². The van der Waals surface area contributed by atoms with Gasteiger partial charge in [0.05, 0.1) is 0 Å². The van der Waals surface area contributed by atoms with E-state index in [0.717, 1.165) is 17.8 Å². The van der Waals surface area contributed by atoms with E-state index in [1.165, 1.54) is 0 Å². The lowest BCUT2D eigenvalue weighted by atomic mass is 9.83. The summed E-state index contributed by atoms with van der Waals surface area (Å²) in [6, 6.07) is 0. The molecule has 0 aliphatic heterocycles. The topological polar surface area (TPSA) is 0 Å². The van der Waals surface area contributed by atoms with Gasteiger partial charge in [-0.25, -0.2) is 0 Å². The van der Waals surface area contributed by atoms with Crippen molar-refractivity contribution < 1.29 is 0 Å². The lowest BCUT2D eigenvalue weighted by molar-refractivity contribution is 0.288. The van der Waals surface area contributed by atoms with Crippen LogP contribution in [-0.2, 0) is 0 Å². The van der Waals surface area contributed by atoms with Crippen LogP contribution in [0.1, 0.15) is 34.6 Å². The molecule has 0 heterocycles. The highest BCUT2D eigenvalue weighted by Gasteiger charge is 2.20. The quantitative estimate of drug-likeness (QED) is 0.602. The van der Waals surface area contributed by atoms with Crippen molar-refractivity contribution in [3.63, 3.8) is 0 Å². The molecule has 0 nitrogen and oxygen atoms in total. The van der Waals surface area contributed by atoms with Gasteiger partial charge in [0.2, 0.25) is 0 Å². The monoisotopic (exact) mass is 160 g/mol. The van der Waals surface area contributed by atoms with Crippen LogP contribution in [0.2, 0.25) is 0 Å². The summed E-state index contributed by atoms with van der Waals surface area (Å²) >= 11 is 4.47. The van der Waals surface area contributed by atoms with Crippen molar-refractivity contribution in [1.29, 1.82) is 0 Å². The molecule has 0 rings (SSSR count). The van der Waals surface area contributed by atoms with Gasteiger partial charge in [-0.1, -0.05) is 34.6 Å². The summed E-state index contributed by atoms with van der Waals surface area (Å²) < 4.78 is 0. The summed E-state index contributed by atoms with van der Waals surface area (Å²) in [5.41, 5.74) is 0. The molecule has 1 atom stereocenters. The smallest absolute Gasteiger partial charge is 0.00216 e. The number of rotatable bonds is 3. The van der Waals surface area contributed by atoms with Gasteiger partial charge in [-0.15, -0.1) is 0 Å². The molecule has 0 aromatic rings. The second-order valence-corrected chi connectivity index (χ2v) is 4.62. The summed E-state index contributed by atoms with van der Waals surface area (Å²) in [5, 5.41) is 0.528. The largest absolute Gasteiger partial charge is 0.176 e. The van der Waals surface area contributed by atoms with Crippen LogP contribution in [0.3, 0.4) is 0 Å². The zero-order chi connectivity index (χ0) is 8.31. The third-order valence-electron chi connectivity index (χ3n) is 2.10. The number of thiol groups is 1. The highest BCUT2D eigenvalue weighted by molar-refractivity contribution is 7.80. The van der Waals surface area contributed by atoms with Crippen LogP contribution in [0, 0.1) is 17.8 Å². The van der Waals surface area contributed by atoms with Crippen LogP contribution in [0.25, 0.3) is 0 Å². The normalized spacial score (nSPS) is 15.3. The number of hydrogen-bond donors (Lipinski definition) is 1. The Morgan fingerprint density at radius 1 is 0.800 bits per heavy atom. The van der Waals surface area contributed by atoms with Crippen molar-refractivity contribution in [2.75, 3.05) is 0 Å². The molecular formula is C9H20S. The standard InChI is InChI=1S/C9H20S/c1-6(2)9(7(3)4)8(5)10/h6-10H,1-5H3. The fourth-order valence-corrected chi connectivity index (χ4v) is 2.57. The molecule has 0 N–H and O–H groups in total. The average molecular weight is 160 g/mol. The van der Waals surface area contributed by atoms with Gasteiger partial charge >= 0.3 is 0 Å². The predicted molar refractivity (Wildman–Crippen MR) is 51.6 cm³/mol.